The van der Waals surface area contributed by atoms with E-state index in [0.717, 1.165) is 11.1 Å². The van der Waals surface area contributed by atoms with Crippen molar-refractivity contribution in [2.75, 3.05) is 0 Å². The van der Waals surface area contributed by atoms with Crippen molar-refractivity contribution in [2.24, 2.45) is 0 Å². The maximum absolute atomic E-state index is 12.5. The molecule has 1 unspecified atom stereocenters. The zero-order valence-electron chi connectivity index (χ0n) is 14.9. The number of carbonyl (C=O) groups is 2. The van der Waals surface area contributed by atoms with Crippen LogP contribution in [0.5, 0.6) is 11.5 Å². The van der Waals surface area contributed by atoms with E-state index in [1.807, 2.05) is 22.9 Å². The number of aromatic hydroxyl groups is 1. The van der Waals surface area contributed by atoms with Gasteiger partial charge in [0.05, 0.1) is 5.56 Å². The Kier molecular flexibility index (Phi) is 6.29. The molecule has 6 nitrogen and oxygen atoms in total. The first kappa shape index (κ1) is 19.4. The normalized spacial score (nSPS) is 11.6. The Hall–Kier alpha value is -3.32. The maximum Gasteiger partial charge on any atom is 0.326 e. The highest BCUT2D eigenvalue weighted by Crippen LogP contribution is 2.24. The van der Waals surface area contributed by atoms with Crippen molar-refractivity contribution in [3.63, 3.8) is 0 Å². The highest BCUT2D eigenvalue weighted by molar-refractivity contribution is 7.07. The van der Waals surface area contributed by atoms with Crippen LogP contribution in [0.15, 0.2) is 65.4 Å². The molecule has 0 spiro atoms. The molecule has 0 saturated carbocycles. The number of amides is 1. The Balaban J connectivity index is 1.65. The van der Waals surface area contributed by atoms with Crippen molar-refractivity contribution in [1.29, 1.82) is 0 Å². The minimum absolute atomic E-state index is 0.0119. The molecule has 0 aliphatic heterocycles. The van der Waals surface area contributed by atoms with Crippen molar-refractivity contribution in [3.8, 4) is 11.5 Å². The molecule has 7 heteroatoms. The summed E-state index contributed by atoms with van der Waals surface area (Å²) in [5.41, 5.74) is 1.79. The minimum Gasteiger partial charge on any atom is -0.507 e. The summed E-state index contributed by atoms with van der Waals surface area (Å²) in [6.07, 6.45) is 0.143. The molecule has 0 radical (unpaired) electrons. The SMILES string of the molecule is O=C(NC(Cc1ccccc1)C(=O)O)c1ccc(OCc2ccsc2)cc1O. The van der Waals surface area contributed by atoms with Crippen LogP contribution in [-0.2, 0) is 17.8 Å². The van der Waals surface area contributed by atoms with Crippen molar-refractivity contribution in [2.45, 2.75) is 19.1 Å². The summed E-state index contributed by atoms with van der Waals surface area (Å²) in [6.45, 7) is 0.354. The lowest BCUT2D eigenvalue weighted by Gasteiger charge is -2.15. The highest BCUT2D eigenvalue weighted by atomic mass is 32.1. The van der Waals surface area contributed by atoms with Gasteiger partial charge in [0.25, 0.3) is 5.91 Å². The number of hydrogen-bond donors (Lipinski definition) is 3. The molecule has 0 saturated heterocycles. The Morgan fingerprint density at radius 3 is 2.50 bits per heavy atom. The van der Waals surface area contributed by atoms with Crippen LogP contribution in [0.25, 0.3) is 0 Å². The average Bonchev–Trinajstić information content (AvgIpc) is 3.20. The molecule has 0 fully saturated rings. The van der Waals surface area contributed by atoms with E-state index in [-0.39, 0.29) is 17.7 Å². The van der Waals surface area contributed by atoms with E-state index < -0.39 is 17.9 Å². The van der Waals surface area contributed by atoms with E-state index >= 15 is 0 Å². The fourth-order valence-corrected chi connectivity index (χ4v) is 3.27. The molecule has 1 aromatic heterocycles. The molecule has 2 aromatic carbocycles. The predicted octanol–water partition coefficient (Wildman–Crippen LogP) is 3.46. The van der Waals surface area contributed by atoms with E-state index in [1.165, 1.54) is 12.1 Å². The smallest absolute Gasteiger partial charge is 0.326 e. The molecule has 3 N–H and O–H groups in total. The predicted molar refractivity (Wildman–Crippen MR) is 106 cm³/mol. The van der Waals surface area contributed by atoms with Gasteiger partial charge in [-0.3, -0.25) is 4.79 Å². The van der Waals surface area contributed by atoms with Crippen LogP contribution in [-0.4, -0.2) is 28.1 Å². The van der Waals surface area contributed by atoms with E-state index in [2.05, 4.69) is 5.32 Å². The zero-order chi connectivity index (χ0) is 19.9. The van der Waals surface area contributed by atoms with Crippen LogP contribution in [0, 0.1) is 0 Å². The topological polar surface area (TPSA) is 95.9 Å². The third-order valence-corrected chi connectivity index (χ3v) is 4.82. The number of nitrogens with one attached hydrogen (secondary N) is 1. The second-order valence-electron chi connectivity index (χ2n) is 6.15. The number of phenolic OH excluding ortho intramolecular Hbond substituents is 1. The number of carboxylic acid groups (broad SMARTS) is 1. The minimum atomic E-state index is -1.15. The lowest BCUT2D eigenvalue weighted by molar-refractivity contribution is -0.139. The number of rotatable bonds is 8. The second kappa shape index (κ2) is 9.05. The summed E-state index contributed by atoms with van der Waals surface area (Å²) in [5, 5.41) is 25.9. The summed E-state index contributed by atoms with van der Waals surface area (Å²) in [7, 11) is 0. The van der Waals surface area contributed by atoms with Gasteiger partial charge in [-0.05, 0) is 40.1 Å². The molecular weight excluding hydrogens is 378 g/mol. The van der Waals surface area contributed by atoms with Gasteiger partial charge < -0.3 is 20.3 Å². The molecule has 28 heavy (non-hydrogen) atoms. The van der Waals surface area contributed by atoms with Gasteiger partial charge in [0.2, 0.25) is 0 Å². The summed E-state index contributed by atoms with van der Waals surface area (Å²) in [5.74, 6) is -1.67. The molecular formula is C21H19NO5S. The van der Waals surface area contributed by atoms with E-state index in [4.69, 9.17) is 4.74 Å². The number of thiophene rings is 1. The van der Waals surface area contributed by atoms with Gasteiger partial charge in [-0.2, -0.15) is 11.3 Å². The highest BCUT2D eigenvalue weighted by Gasteiger charge is 2.22. The number of carbonyl (C=O) groups excluding carboxylic acids is 1. The number of carboxylic acids is 1. The van der Waals surface area contributed by atoms with Crippen LogP contribution in [0.3, 0.4) is 0 Å². The molecule has 0 bridgehead atoms. The van der Waals surface area contributed by atoms with Gasteiger partial charge in [-0.15, -0.1) is 0 Å². The summed E-state index contributed by atoms with van der Waals surface area (Å²) in [4.78, 5) is 24.0. The molecule has 0 aliphatic rings. The molecule has 3 rings (SSSR count). The van der Waals surface area contributed by atoms with Crippen molar-refractivity contribution < 1.29 is 24.5 Å². The molecule has 144 valence electrons. The number of aliphatic carboxylic acids is 1. The zero-order valence-corrected chi connectivity index (χ0v) is 15.7. The van der Waals surface area contributed by atoms with E-state index in [9.17, 15) is 19.8 Å². The Labute approximate surface area is 166 Å². The van der Waals surface area contributed by atoms with Crippen LogP contribution in [0.4, 0.5) is 0 Å². The van der Waals surface area contributed by atoms with E-state index in [0.29, 0.717) is 12.4 Å². The lowest BCUT2D eigenvalue weighted by Crippen LogP contribution is -2.42. The van der Waals surface area contributed by atoms with E-state index in [1.54, 1.807) is 41.7 Å². The fraction of sp³-hybridized carbons (Fsp3) is 0.143. The first-order chi connectivity index (χ1) is 13.5. The third kappa shape index (κ3) is 5.11. The second-order valence-corrected chi connectivity index (χ2v) is 6.93. The molecule has 1 atom stereocenters. The Bertz CT molecular complexity index is 941. The Morgan fingerprint density at radius 1 is 1.07 bits per heavy atom. The van der Waals surface area contributed by atoms with Crippen LogP contribution in [0.1, 0.15) is 21.5 Å². The number of ether oxygens (including phenoxy) is 1. The van der Waals surface area contributed by atoms with Crippen LogP contribution < -0.4 is 10.1 Å². The van der Waals surface area contributed by atoms with Crippen molar-refractivity contribution >= 4 is 23.2 Å². The summed E-state index contributed by atoms with van der Waals surface area (Å²) >= 11 is 1.56. The quantitative estimate of drug-likeness (QED) is 0.541. The molecule has 3 aromatic rings. The molecule has 1 heterocycles. The number of phenols is 1. The largest absolute Gasteiger partial charge is 0.507 e. The Morgan fingerprint density at radius 2 is 1.86 bits per heavy atom. The maximum atomic E-state index is 12.5. The van der Waals surface area contributed by atoms with Gasteiger partial charge in [-0.1, -0.05) is 30.3 Å². The summed E-state index contributed by atoms with van der Waals surface area (Å²) in [6, 6.07) is 14.2. The fourth-order valence-electron chi connectivity index (χ4n) is 2.62. The van der Waals surface area contributed by atoms with Crippen molar-refractivity contribution in [1.82, 2.24) is 5.32 Å². The molecule has 0 aliphatic carbocycles. The lowest BCUT2D eigenvalue weighted by atomic mass is 10.1. The van der Waals surface area contributed by atoms with Gasteiger partial charge in [0.1, 0.15) is 24.1 Å². The first-order valence-electron chi connectivity index (χ1n) is 8.57. The van der Waals surface area contributed by atoms with Crippen molar-refractivity contribution in [3.05, 3.63) is 82.0 Å². The standard InChI is InChI=1S/C21H19NO5S/c23-19-11-16(27-12-15-8-9-28-13-15)6-7-17(19)20(24)22-18(21(25)26)10-14-4-2-1-3-5-14/h1-9,11,13,18,23H,10,12H2,(H,22,24)(H,25,26). The third-order valence-electron chi connectivity index (χ3n) is 4.09. The average molecular weight is 397 g/mol. The monoisotopic (exact) mass is 397 g/mol. The van der Waals surface area contributed by atoms with Gasteiger partial charge in [0, 0.05) is 12.5 Å². The first-order valence-corrected chi connectivity index (χ1v) is 9.51. The van der Waals surface area contributed by atoms with Crippen LogP contribution >= 0.6 is 11.3 Å². The van der Waals surface area contributed by atoms with Crippen LogP contribution in [0.2, 0.25) is 0 Å². The number of benzene rings is 2. The summed E-state index contributed by atoms with van der Waals surface area (Å²) < 4.78 is 5.59. The van der Waals surface area contributed by atoms with Gasteiger partial charge in [-0.25, -0.2) is 4.79 Å². The van der Waals surface area contributed by atoms with Gasteiger partial charge >= 0.3 is 5.97 Å². The number of hydrogen-bond acceptors (Lipinski definition) is 5. The van der Waals surface area contributed by atoms with Gasteiger partial charge in [0.15, 0.2) is 0 Å². The molecule has 1 amide bonds.